The Kier molecular flexibility index (Phi) is 3.66. The third-order valence-corrected chi connectivity index (χ3v) is 2.28. The molecular formula is C11H14FNO2. The molecule has 0 aliphatic heterocycles. The number of amides is 1. The minimum absolute atomic E-state index is 0.231. The van der Waals surface area contributed by atoms with E-state index in [9.17, 15) is 9.18 Å². The van der Waals surface area contributed by atoms with Crippen molar-refractivity contribution in [3.8, 4) is 0 Å². The minimum atomic E-state index is -0.950. The van der Waals surface area contributed by atoms with Crippen molar-refractivity contribution in [3.63, 3.8) is 0 Å². The fourth-order valence-corrected chi connectivity index (χ4v) is 1.25. The molecule has 0 atom stereocenters. The molecule has 0 aliphatic rings. The molecule has 1 N–H and O–H groups in total. The third kappa shape index (κ3) is 3.23. The average molecular weight is 211 g/mol. The van der Waals surface area contributed by atoms with Gasteiger partial charge in [-0.2, -0.15) is 0 Å². The highest BCUT2D eigenvalue weighted by atomic mass is 19.1. The Morgan fingerprint density at radius 1 is 1.53 bits per heavy atom. The fraction of sp³-hybridized carbons (Fsp3) is 0.364. The molecule has 0 aromatic heterocycles. The zero-order valence-electron chi connectivity index (χ0n) is 8.83. The van der Waals surface area contributed by atoms with E-state index in [4.69, 9.17) is 5.11 Å². The zero-order chi connectivity index (χ0) is 11.4. The van der Waals surface area contributed by atoms with Crippen LogP contribution < -0.4 is 0 Å². The predicted octanol–water partition coefficient (Wildman–Crippen LogP) is 2.29. The molecule has 0 saturated heterocycles. The summed E-state index contributed by atoms with van der Waals surface area (Å²) < 4.78 is 12.9. The fourth-order valence-electron chi connectivity index (χ4n) is 1.25. The van der Waals surface area contributed by atoms with Crippen LogP contribution in [0.1, 0.15) is 11.1 Å². The molecule has 0 fully saturated rings. The van der Waals surface area contributed by atoms with E-state index >= 15 is 0 Å². The number of nitrogens with zero attached hydrogens (tertiary/aromatic N) is 1. The first-order valence-corrected chi connectivity index (χ1v) is 4.70. The topological polar surface area (TPSA) is 40.5 Å². The molecule has 3 nitrogen and oxygen atoms in total. The molecule has 1 aromatic carbocycles. The molecule has 1 aromatic rings. The van der Waals surface area contributed by atoms with Crippen molar-refractivity contribution in [2.24, 2.45) is 0 Å². The monoisotopic (exact) mass is 211 g/mol. The van der Waals surface area contributed by atoms with Gasteiger partial charge in [-0.05, 0) is 30.5 Å². The number of aryl methyl sites for hydroxylation is 1. The molecule has 4 heteroatoms. The normalized spacial score (nSPS) is 10.1. The van der Waals surface area contributed by atoms with Crippen LogP contribution in [0.3, 0.4) is 0 Å². The largest absolute Gasteiger partial charge is 0.465 e. The van der Waals surface area contributed by atoms with Crippen LogP contribution in [0.15, 0.2) is 18.2 Å². The zero-order valence-corrected chi connectivity index (χ0v) is 8.83. The second kappa shape index (κ2) is 4.77. The standard InChI is InChI=1S/C11H14FNO2/c1-8-7-9(3-4-10(8)12)5-6-13(2)11(14)15/h3-4,7H,5-6H2,1-2H3,(H,14,15). The van der Waals surface area contributed by atoms with Crippen LogP contribution >= 0.6 is 0 Å². The van der Waals surface area contributed by atoms with Crippen molar-refractivity contribution >= 4 is 6.09 Å². The Morgan fingerprint density at radius 3 is 2.73 bits per heavy atom. The van der Waals surface area contributed by atoms with Crippen molar-refractivity contribution in [2.45, 2.75) is 13.3 Å². The molecule has 0 heterocycles. The van der Waals surface area contributed by atoms with Gasteiger partial charge in [0.15, 0.2) is 0 Å². The quantitative estimate of drug-likeness (QED) is 0.833. The maximum absolute atomic E-state index is 12.9. The summed E-state index contributed by atoms with van der Waals surface area (Å²) in [6.07, 6.45) is -0.349. The van der Waals surface area contributed by atoms with E-state index in [1.165, 1.54) is 18.0 Å². The average Bonchev–Trinajstić information content (AvgIpc) is 2.19. The highest BCUT2D eigenvalue weighted by Gasteiger charge is 2.05. The summed E-state index contributed by atoms with van der Waals surface area (Å²) in [6.45, 7) is 2.11. The summed E-state index contributed by atoms with van der Waals surface area (Å²) >= 11 is 0. The number of carbonyl (C=O) groups is 1. The molecular weight excluding hydrogens is 197 g/mol. The van der Waals surface area contributed by atoms with Gasteiger partial charge >= 0.3 is 6.09 Å². The number of halogens is 1. The van der Waals surface area contributed by atoms with Gasteiger partial charge in [-0.15, -0.1) is 0 Å². The number of rotatable bonds is 3. The first kappa shape index (κ1) is 11.5. The lowest BCUT2D eigenvalue weighted by atomic mass is 10.1. The summed E-state index contributed by atoms with van der Waals surface area (Å²) in [5, 5.41) is 8.62. The molecule has 0 saturated carbocycles. The SMILES string of the molecule is Cc1cc(CCN(C)C(=O)O)ccc1F. The highest BCUT2D eigenvalue weighted by molar-refractivity contribution is 5.64. The van der Waals surface area contributed by atoms with Gasteiger partial charge in [-0.3, -0.25) is 0 Å². The third-order valence-electron chi connectivity index (χ3n) is 2.28. The van der Waals surface area contributed by atoms with Crippen LogP contribution in [-0.2, 0) is 6.42 Å². The maximum atomic E-state index is 12.9. The molecule has 0 spiro atoms. The van der Waals surface area contributed by atoms with Crippen molar-refractivity contribution < 1.29 is 14.3 Å². The lowest BCUT2D eigenvalue weighted by molar-refractivity contribution is 0.156. The molecule has 0 radical (unpaired) electrons. The summed E-state index contributed by atoms with van der Waals surface area (Å²) in [5.41, 5.74) is 1.53. The number of hydrogen-bond donors (Lipinski definition) is 1. The van der Waals surface area contributed by atoms with Gasteiger partial charge in [0.2, 0.25) is 0 Å². The first-order chi connectivity index (χ1) is 7.00. The van der Waals surface area contributed by atoms with E-state index in [0.29, 0.717) is 18.5 Å². The van der Waals surface area contributed by atoms with Gasteiger partial charge in [0.05, 0.1) is 0 Å². The van der Waals surface area contributed by atoms with E-state index < -0.39 is 6.09 Å². The van der Waals surface area contributed by atoms with E-state index in [-0.39, 0.29) is 5.82 Å². The van der Waals surface area contributed by atoms with Crippen molar-refractivity contribution in [3.05, 3.63) is 35.1 Å². The molecule has 1 amide bonds. The van der Waals surface area contributed by atoms with Gasteiger partial charge in [0.1, 0.15) is 5.82 Å². The van der Waals surface area contributed by atoms with Gasteiger partial charge in [-0.1, -0.05) is 12.1 Å². The van der Waals surface area contributed by atoms with Crippen LogP contribution in [0, 0.1) is 12.7 Å². The Bertz CT molecular complexity index is 366. The molecule has 1 rings (SSSR count). The summed E-state index contributed by atoms with van der Waals surface area (Å²) in [5.74, 6) is -0.231. The second-order valence-electron chi connectivity index (χ2n) is 3.54. The second-order valence-corrected chi connectivity index (χ2v) is 3.54. The Balaban J connectivity index is 2.58. The number of carboxylic acid groups (broad SMARTS) is 1. The summed E-state index contributed by atoms with van der Waals surface area (Å²) in [6, 6.07) is 4.83. The van der Waals surface area contributed by atoms with Crippen molar-refractivity contribution in [1.82, 2.24) is 4.90 Å². The van der Waals surface area contributed by atoms with Crippen LogP contribution in [0.25, 0.3) is 0 Å². The Morgan fingerprint density at radius 2 is 2.20 bits per heavy atom. The minimum Gasteiger partial charge on any atom is -0.465 e. The van der Waals surface area contributed by atoms with Crippen LogP contribution in [0.2, 0.25) is 0 Å². The number of hydrogen-bond acceptors (Lipinski definition) is 1. The van der Waals surface area contributed by atoms with E-state index in [1.807, 2.05) is 0 Å². The van der Waals surface area contributed by atoms with E-state index in [0.717, 1.165) is 5.56 Å². The van der Waals surface area contributed by atoms with E-state index in [2.05, 4.69) is 0 Å². The summed E-state index contributed by atoms with van der Waals surface area (Å²) in [7, 11) is 1.51. The predicted molar refractivity (Wildman–Crippen MR) is 55.5 cm³/mol. The lowest BCUT2D eigenvalue weighted by Crippen LogP contribution is -2.26. The number of benzene rings is 1. The molecule has 0 aliphatic carbocycles. The molecule has 0 unspecified atom stereocenters. The molecule has 15 heavy (non-hydrogen) atoms. The molecule has 0 bridgehead atoms. The molecule has 82 valence electrons. The van der Waals surface area contributed by atoms with Crippen molar-refractivity contribution in [1.29, 1.82) is 0 Å². The van der Waals surface area contributed by atoms with Crippen molar-refractivity contribution in [2.75, 3.05) is 13.6 Å². The highest BCUT2D eigenvalue weighted by Crippen LogP contribution is 2.09. The van der Waals surface area contributed by atoms with Gasteiger partial charge in [0.25, 0.3) is 0 Å². The smallest absolute Gasteiger partial charge is 0.407 e. The maximum Gasteiger partial charge on any atom is 0.407 e. The van der Waals surface area contributed by atoms with Crippen LogP contribution in [-0.4, -0.2) is 29.7 Å². The van der Waals surface area contributed by atoms with E-state index in [1.54, 1.807) is 19.1 Å². The first-order valence-electron chi connectivity index (χ1n) is 4.70. The van der Waals surface area contributed by atoms with Crippen LogP contribution in [0.4, 0.5) is 9.18 Å². The Hall–Kier alpha value is -1.58. The van der Waals surface area contributed by atoms with Gasteiger partial charge < -0.3 is 10.0 Å². The van der Waals surface area contributed by atoms with Gasteiger partial charge in [0, 0.05) is 13.6 Å². The lowest BCUT2D eigenvalue weighted by Gasteiger charge is -2.12. The van der Waals surface area contributed by atoms with Crippen LogP contribution in [0.5, 0.6) is 0 Å². The number of likely N-dealkylation sites (N-methyl/N-ethyl adjacent to an activating group) is 1. The van der Waals surface area contributed by atoms with Gasteiger partial charge in [-0.25, -0.2) is 9.18 Å². The summed E-state index contributed by atoms with van der Waals surface area (Å²) in [4.78, 5) is 11.7. The Labute approximate surface area is 88.1 Å².